The van der Waals surface area contributed by atoms with Gasteiger partial charge in [0.1, 0.15) is 6.20 Å². The number of aryl methyl sites for hydroxylation is 1. The summed E-state index contributed by atoms with van der Waals surface area (Å²) in [5.74, 6) is -0.434. The molecule has 7 nitrogen and oxygen atoms in total. The van der Waals surface area contributed by atoms with Gasteiger partial charge in [-0.25, -0.2) is 0 Å². The van der Waals surface area contributed by atoms with Crippen molar-refractivity contribution in [1.29, 1.82) is 0 Å². The minimum absolute atomic E-state index is 0.0823. The van der Waals surface area contributed by atoms with Gasteiger partial charge in [0.15, 0.2) is 0 Å². The van der Waals surface area contributed by atoms with Crippen LogP contribution in [0.4, 0.5) is 5.69 Å². The van der Waals surface area contributed by atoms with Crippen LogP contribution in [0.15, 0.2) is 6.20 Å². The second-order valence-electron chi connectivity index (χ2n) is 5.14. The molecular formula is C13H20N4O3. The SMILES string of the molecule is CCn1cc([N+](=O)[O-])c(C(=O)NC2CCCCCC2)n1. The van der Waals surface area contributed by atoms with E-state index < -0.39 is 10.8 Å². The summed E-state index contributed by atoms with van der Waals surface area (Å²) >= 11 is 0. The van der Waals surface area contributed by atoms with Crippen molar-refractivity contribution in [2.45, 2.75) is 58.0 Å². The maximum Gasteiger partial charge on any atom is 0.320 e. The zero-order valence-corrected chi connectivity index (χ0v) is 11.7. The fourth-order valence-corrected chi connectivity index (χ4v) is 2.55. The molecule has 1 fully saturated rings. The summed E-state index contributed by atoms with van der Waals surface area (Å²) in [5.41, 5.74) is -0.306. The molecule has 0 unspecified atom stereocenters. The lowest BCUT2D eigenvalue weighted by atomic mass is 10.1. The molecule has 1 N–H and O–H groups in total. The first-order valence-corrected chi connectivity index (χ1v) is 7.14. The van der Waals surface area contributed by atoms with Gasteiger partial charge >= 0.3 is 5.69 Å². The number of hydrogen-bond donors (Lipinski definition) is 1. The molecule has 0 saturated heterocycles. The summed E-state index contributed by atoms with van der Waals surface area (Å²) in [6, 6.07) is 0.108. The standard InChI is InChI=1S/C13H20N4O3/c1-2-16-9-11(17(19)20)12(15-16)13(18)14-10-7-5-3-4-6-8-10/h9-10H,2-8H2,1H3,(H,14,18). The first-order chi connectivity index (χ1) is 9.61. The summed E-state index contributed by atoms with van der Waals surface area (Å²) < 4.78 is 1.42. The Morgan fingerprint density at radius 1 is 1.45 bits per heavy atom. The molecule has 0 bridgehead atoms. The van der Waals surface area contributed by atoms with Gasteiger partial charge in [0, 0.05) is 12.6 Å². The van der Waals surface area contributed by atoms with E-state index in [-0.39, 0.29) is 17.4 Å². The zero-order valence-electron chi connectivity index (χ0n) is 11.7. The van der Waals surface area contributed by atoms with E-state index in [9.17, 15) is 14.9 Å². The Morgan fingerprint density at radius 2 is 2.10 bits per heavy atom. The number of carbonyl (C=O) groups is 1. The number of aromatic nitrogens is 2. The number of rotatable bonds is 4. The van der Waals surface area contributed by atoms with Crippen molar-refractivity contribution < 1.29 is 9.72 Å². The van der Waals surface area contributed by atoms with E-state index in [1.807, 2.05) is 6.92 Å². The Labute approximate surface area is 117 Å². The van der Waals surface area contributed by atoms with Crippen LogP contribution in [0.2, 0.25) is 0 Å². The first kappa shape index (κ1) is 14.5. The van der Waals surface area contributed by atoms with Crippen molar-refractivity contribution in [3.63, 3.8) is 0 Å². The number of nitrogens with one attached hydrogen (secondary N) is 1. The molecule has 1 saturated carbocycles. The largest absolute Gasteiger partial charge is 0.348 e. The van der Waals surface area contributed by atoms with Crippen molar-refractivity contribution in [1.82, 2.24) is 15.1 Å². The summed E-state index contributed by atoms with van der Waals surface area (Å²) in [7, 11) is 0. The number of nitro groups is 1. The lowest BCUT2D eigenvalue weighted by Gasteiger charge is -2.14. The maximum atomic E-state index is 12.2. The summed E-state index contributed by atoms with van der Waals surface area (Å²) in [6.45, 7) is 2.32. The van der Waals surface area contributed by atoms with Gasteiger partial charge in [-0.05, 0) is 19.8 Å². The number of amides is 1. The predicted molar refractivity (Wildman–Crippen MR) is 73.5 cm³/mol. The van der Waals surface area contributed by atoms with Crippen molar-refractivity contribution in [3.05, 3.63) is 22.0 Å². The van der Waals surface area contributed by atoms with E-state index >= 15 is 0 Å². The zero-order chi connectivity index (χ0) is 14.5. The molecular weight excluding hydrogens is 260 g/mol. The average molecular weight is 280 g/mol. The van der Waals surface area contributed by atoms with E-state index in [1.54, 1.807) is 0 Å². The number of hydrogen-bond acceptors (Lipinski definition) is 4. The predicted octanol–water partition coefficient (Wildman–Crippen LogP) is 2.26. The van der Waals surface area contributed by atoms with Gasteiger partial charge in [-0.1, -0.05) is 25.7 Å². The smallest absolute Gasteiger partial charge is 0.320 e. The molecule has 0 aliphatic heterocycles. The van der Waals surface area contributed by atoms with Gasteiger partial charge in [0.2, 0.25) is 5.69 Å². The van der Waals surface area contributed by atoms with E-state index in [0.29, 0.717) is 6.54 Å². The minimum Gasteiger partial charge on any atom is -0.348 e. The molecule has 20 heavy (non-hydrogen) atoms. The van der Waals surface area contributed by atoms with Crippen molar-refractivity contribution in [3.8, 4) is 0 Å². The fourth-order valence-electron chi connectivity index (χ4n) is 2.55. The van der Waals surface area contributed by atoms with E-state index in [1.165, 1.54) is 23.7 Å². The molecule has 0 spiro atoms. The molecule has 1 amide bonds. The van der Waals surface area contributed by atoms with Crippen LogP contribution in [-0.4, -0.2) is 26.7 Å². The monoisotopic (exact) mass is 280 g/mol. The highest BCUT2D eigenvalue weighted by atomic mass is 16.6. The molecule has 1 aliphatic rings. The lowest BCUT2D eigenvalue weighted by Crippen LogP contribution is -2.35. The summed E-state index contributed by atoms with van der Waals surface area (Å²) in [6.07, 6.45) is 7.75. The molecule has 0 aromatic carbocycles. The van der Waals surface area contributed by atoms with E-state index in [4.69, 9.17) is 0 Å². The quantitative estimate of drug-likeness (QED) is 0.520. The molecule has 2 rings (SSSR count). The molecule has 7 heteroatoms. The van der Waals surface area contributed by atoms with Crippen LogP contribution < -0.4 is 5.32 Å². The summed E-state index contributed by atoms with van der Waals surface area (Å²) in [4.78, 5) is 22.6. The van der Waals surface area contributed by atoms with Crippen LogP contribution in [0.3, 0.4) is 0 Å². The van der Waals surface area contributed by atoms with Crippen molar-refractivity contribution >= 4 is 11.6 Å². The third kappa shape index (κ3) is 3.34. The summed E-state index contributed by atoms with van der Waals surface area (Å²) in [5, 5.41) is 17.9. The third-order valence-electron chi connectivity index (χ3n) is 3.67. The van der Waals surface area contributed by atoms with Gasteiger partial charge in [-0.3, -0.25) is 19.6 Å². The van der Waals surface area contributed by atoms with Crippen LogP contribution in [-0.2, 0) is 6.54 Å². The Hall–Kier alpha value is -1.92. The Bertz CT molecular complexity index is 490. The lowest BCUT2D eigenvalue weighted by molar-refractivity contribution is -0.385. The molecule has 1 heterocycles. The third-order valence-corrected chi connectivity index (χ3v) is 3.67. The highest BCUT2D eigenvalue weighted by molar-refractivity contribution is 5.96. The van der Waals surface area contributed by atoms with Crippen LogP contribution in [0.25, 0.3) is 0 Å². The normalized spacial score (nSPS) is 16.6. The molecule has 110 valence electrons. The van der Waals surface area contributed by atoms with Crippen LogP contribution in [0, 0.1) is 10.1 Å². The Morgan fingerprint density at radius 3 is 2.65 bits per heavy atom. The Kier molecular flexibility index (Phi) is 4.70. The molecule has 1 aromatic rings. The second kappa shape index (κ2) is 6.49. The number of carbonyl (C=O) groups excluding carboxylic acids is 1. The van der Waals surface area contributed by atoms with Crippen LogP contribution in [0.5, 0.6) is 0 Å². The molecule has 1 aromatic heterocycles. The minimum atomic E-state index is -0.554. The average Bonchev–Trinajstić information content (AvgIpc) is 2.71. The van der Waals surface area contributed by atoms with Gasteiger partial charge in [-0.2, -0.15) is 5.10 Å². The Balaban J connectivity index is 2.11. The van der Waals surface area contributed by atoms with Gasteiger partial charge in [-0.15, -0.1) is 0 Å². The molecule has 1 aliphatic carbocycles. The van der Waals surface area contributed by atoms with Gasteiger partial charge < -0.3 is 5.32 Å². The maximum absolute atomic E-state index is 12.2. The molecule has 0 atom stereocenters. The van der Waals surface area contributed by atoms with Gasteiger partial charge in [0.05, 0.1) is 4.92 Å². The highest BCUT2D eigenvalue weighted by Gasteiger charge is 2.27. The highest BCUT2D eigenvalue weighted by Crippen LogP contribution is 2.20. The van der Waals surface area contributed by atoms with E-state index in [0.717, 1.165) is 25.7 Å². The van der Waals surface area contributed by atoms with Crippen LogP contribution >= 0.6 is 0 Å². The fraction of sp³-hybridized carbons (Fsp3) is 0.692. The van der Waals surface area contributed by atoms with Crippen LogP contribution in [0.1, 0.15) is 55.9 Å². The molecule has 0 radical (unpaired) electrons. The second-order valence-corrected chi connectivity index (χ2v) is 5.14. The van der Waals surface area contributed by atoms with E-state index in [2.05, 4.69) is 10.4 Å². The van der Waals surface area contributed by atoms with Crippen molar-refractivity contribution in [2.75, 3.05) is 0 Å². The first-order valence-electron chi connectivity index (χ1n) is 7.14. The van der Waals surface area contributed by atoms with Gasteiger partial charge in [0.25, 0.3) is 5.91 Å². The number of nitrogens with zero attached hydrogens (tertiary/aromatic N) is 3. The topological polar surface area (TPSA) is 90.1 Å². The van der Waals surface area contributed by atoms with Crippen molar-refractivity contribution in [2.24, 2.45) is 0 Å².